The van der Waals surface area contributed by atoms with Crippen molar-refractivity contribution in [2.75, 3.05) is 6.54 Å². The summed E-state index contributed by atoms with van der Waals surface area (Å²) in [5.74, 6) is -5.72. The first-order chi connectivity index (χ1) is 15.8. The van der Waals surface area contributed by atoms with E-state index < -0.39 is 72.0 Å². The van der Waals surface area contributed by atoms with Gasteiger partial charge in [-0.1, -0.05) is 13.8 Å². The maximum absolute atomic E-state index is 12.8. The largest absolute Gasteiger partial charge is 0.480 e. The monoisotopic (exact) mass is 487 g/mol. The summed E-state index contributed by atoms with van der Waals surface area (Å²) >= 11 is 0. The number of carbonyl (C=O) groups excluding carboxylic acids is 5. The molecule has 0 aromatic rings. The Morgan fingerprint density at radius 1 is 0.794 bits per heavy atom. The van der Waals surface area contributed by atoms with Crippen LogP contribution in [-0.4, -0.2) is 71.3 Å². The normalized spacial score (nSPS) is 14.4. The predicted octanol–water partition coefficient (Wildman–Crippen LogP) is -3.22. The first kappa shape index (κ1) is 30.7. The lowest BCUT2D eigenvalue weighted by Crippen LogP contribution is -2.59. The van der Waals surface area contributed by atoms with E-state index in [4.69, 9.17) is 22.9 Å². The highest BCUT2D eigenvalue weighted by atomic mass is 16.4. The van der Waals surface area contributed by atoms with Crippen molar-refractivity contribution in [2.45, 2.75) is 76.5 Å². The van der Waals surface area contributed by atoms with Gasteiger partial charge in [0.15, 0.2) is 0 Å². The second-order valence-corrected chi connectivity index (χ2v) is 8.26. The maximum Gasteiger partial charge on any atom is 0.326 e. The minimum absolute atomic E-state index is 0.0795. The van der Waals surface area contributed by atoms with Crippen molar-refractivity contribution in [3.8, 4) is 0 Å². The van der Waals surface area contributed by atoms with Crippen LogP contribution >= 0.6 is 0 Å². The molecule has 4 unspecified atom stereocenters. The zero-order valence-corrected chi connectivity index (χ0v) is 19.5. The van der Waals surface area contributed by atoms with Crippen LogP contribution in [0.15, 0.2) is 0 Å². The molecule has 5 amide bonds. The number of nitrogens with two attached hydrogens (primary N) is 4. The minimum Gasteiger partial charge on any atom is -0.480 e. The summed E-state index contributed by atoms with van der Waals surface area (Å²) in [5, 5.41) is 16.5. The molecule has 0 aromatic carbocycles. The molecular formula is C20H37N7O7. The molecule has 0 aliphatic heterocycles. The highest BCUT2D eigenvalue weighted by molar-refractivity contribution is 5.96. The molecule has 0 bridgehead atoms. The zero-order chi connectivity index (χ0) is 26.4. The standard InChI is InChI=1S/C20H37N7O7/c1-10(2)16(19(32)25-12(20(33)34)5-3-4-8-21)27-18(31)13(9-15(24)29)26-17(30)11(22)6-7-14(23)28/h10-13,16H,3-9,21-22H2,1-2H3,(H2,23,28)(H2,24,29)(H,25,32)(H,26,30)(H,27,31)(H,33,34). The molecule has 34 heavy (non-hydrogen) atoms. The third-order valence-electron chi connectivity index (χ3n) is 4.89. The molecular weight excluding hydrogens is 450 g/mol. The van der Waals surface area contributed by atoms with Gasteiger partial charge in [-0.3, -0.25) is 24.0 Å². The van der Waals surface area contributed by atoms with Gasteiger partial charge in [0.25, 0.3) is 0 Å². The fraction of sp³-hybridized carbons (Fsp3) is 0.700. The van der Waals surface area contributed by atoms with E-state index in [0.717, 1.165) is 0 Å². The number of hydrogen-bond acceptors (Lipinski definition) is 8. The van der Waals surface area contributed by atoms with Crippen molar-refractivity contribution in [3.05, 3.63) is 0 Å². The van der Waals surface area contributed by atoms with Gasteiger partial charge in [-0.05, 0) is 38.1 Å². The van der Waals surface area contributed by atoms with Crippen molar-refractivity contribution in [3.63, 3.8) is 0 Å². The lowest BCUT2D eigenvalue weighted by Gasteiger charge is -2.26. The molecule has 14 heteroatoms. The number of aliphatic carboxylic acids is 1. The number of hydrogen-bond donors (Lipinski definition) is 8. The number of unbranched alkanes of at least 4 members (excludes halogenated alkanes) is 1. The van der Waals surface area contributed by atoms with E-state index in [9.17, 15) is 33.9 Å². The zero-order valence-electron chi connectivity index (χ0n) is 19.5. The second-order valence-electron chi connectivity index (χ2n) is 8.26. The minimum atomic E-state index is -1.45. The number of nitrogens with one attached hydrogen (secondary N) is 3. The summed E-state index contributed by atoms with van der Waals surface area (Å²) in [6.07, 6.45) is 0.399. The third-order valence-corrected chi connectivity index (χ3v) is 4.89. The van der Waals surface area contributed by atoms with E-state index in [1.165, 1.54) is 0 Å². The summed E-state index contributed by atoms with van der Waals surface area (Å²) in [7, 11) is 0. The molecule has 0 aliphatic carbocycles. The second kappa shape index (κ2) is 15.6. The topological polar surface area (TPSA) is 263 Å². The van der Waals surface area contributed by atoms with Crippen molar-refractivity contribution in [1.29, 1.82) is 0 Å². The van der Waals surface area contributed by atoms with E-state index >= 15 is 0 Å². The Balaban J connectivity index is 5.36. The van der Waals surface area contributed by atoms with Crippen LogP contribution in [0.25, 0.3) is 0 Å². The fourth-order valence-corrected chi connectivity index (χ4v) is 2.92. The fourth-order valence-electron chi connectivity index (χ4n) is 2.92. The summed E-state index contributed by atoms with van der Waals surface area (Å²) in [4.78, 5) is 71.6. The van der Waals surface area contributed by atoms with Gasteiger partial charge in [0.2, 0.25) is 29.5 Å². The molecule has 0 heterocycles. The number of carboxylic acids is 1. The van der Waals surface area contributed by atoms with Crippen LogP contribution in [0.4, 0.5) is 0 Å². The Kier molecular flexibility index (Phi) is 14.1. The van der Waals surface area contributed by atoms with Gasteiger partial charge >= 0.3 is 5.97 Å². The maximum atomic E-state index is 12.8. The SMILES string of the molecule is CC(C)C(NC(=O)C(CC(N)=O)NC(=O)C(N)CCC(N)=O)C(=O)NC(CCCCN)C(=O)O. The molecule has 0 fully saturated rings. The molecule has 0 radical (unpaired) electrons. The van der Waals surface area contributed by atoms with E-state index in [1.807, 2.05) is 0 Å². The predicted molar refractivity (Wildman–Crippen MR) is 121 cm³/mol. The molecule has 14 nitrogen and oxygen atoms in total. The highest BCUT2D eigenvalue weighted by Gasteiger charge is 2.32. The number of carbonyl (C=O) groups is 6. The molecule has 0 aliphatic rings. The molecule has 12 N–H and O–H groups in total. The van der Waals surface area contributed by atoms with E-state index in [1.54, 1.807) is 13.8 Å². The van der Waals surface area contributed by atoms with Crippen molar-refractivity contribution in [2.24, 2.45) is 28.9 Å². The first-order valence-electron chi connectivity index (χ1n) is 11.0. The molecule has 4 atom stereocenters. The van der Waals surface area contributed by atoms with E-state index in [2.05, 4.69) is 16.0 Å². The lowest BCUT2D eigenvalue weighted by molar-refractivity contribution is -0.143. The van der Waals surface area contributed by atoms with Crippen LogP contribution in [-0.2, 0) is 28.8 Å². The van der Waals surface area contributed by atoms with Crippen LogP contribution in [0.2, 0.25) is 0 Å². The third kappa shape index (κ3) is 12.1. The van der Waals surface area contributed by atoms with E-state index in [0.29, 0.717) is 19.4 Å². The van der Waals surface area contributed by atoms with Crippen molar-refractivity contribution >= 4 is 35.5 Å². The van der Waals surface area contributed by atoms with Crippen molar-refractivity contribution < 1.29 is 33.9 Å². The first-order valence-corrected chi connectivity index (χ1v) is 11.0. The Morgan fingerprint density at radius 3 is 1.85 bits per heavy atom. The summed E-state index contributed by atoms with van der Waals surface area (Å²) in [6.45, 7) is 3.62. The molecule has 0 saturated heterocycles. The van der Waals surface area contributed by atoms with Gasteiger partial charge in [0, 0.05) is 6.42 Å². The van der Waals surface area contributed by atoms with Gasteiger partial charge in [-0.2, -0.15) is 0 Å². The van der Waals surface area contributed by atoms with Gasteiger partial charge in [-0.15, -0.1) is 0 Å². The average Bonchev–Trinajstić information content (AvgIpc) is 2.73. The molecule has 0 saturated carbocycles. The van der Waals surface area contributed by atoms with Gasteiger partial charge in [0.05, 0.1) is 12.5 Å². The molecule has 0 aromatic heterocycles. The van der Waals surface area contributed by atoms with Crippen molar-refractivity contribution in [1.82, 2.24) is 16.0 Å². The summed E-state index contributed by atoms with van der Waals surface area (Å²) in [5.41, 5.74) is 21.3. The summed E-state index contributed by atoms with van der Waals surface area (Å²) < 4.78 is 0. The molecule has 194 valence electrons. The van der Waals surface area contributed by atoms with Crippen LogP contribution < -0.4 is 38.9 Å². The average molecular weight is 488 g/mol. The van der Waals surface area contributed by atoms with Crippen LogP contribution in [0.3, 0.4) is 0 Å². The highest BCUT2D eigenvalue weighted by Crippen LogP contribution is 2.07. The number of primary amides is 2. The van der Waals surface area contributed by atoms with E-state index in [-0.39, 0.29) is 19.3 Å². The smallest absolute Gasteiger partial charge is 0.326 e. The number of carboxylic acid groups (broad SMARTS) is 1. The Hall–Kier alpha value is -3.26. The van der Waals surface area contributed by atoms with Gasteiger partial charge < -0.3 is 44.0 Å². The Labute approximate surface area is 197 Å². The van der Waals surface area contributed by atoms with Crippen LogP contribution in [0.5, 0.6) is 0 Å². The Morgan fingerprint density at radius 2 is 1.38 bits per heavy atom. The quantitative estimate of drug-likeness (QED) is 0.0957. The van der Waals surface area contributed by atoms with Crippen LogP contribution in [0.1, 0.15) is 52.4 Å². The number of rotatable bonds is 17. The Bertz CT molecular complexity index is 745. The number of amides is 5. The van der Waals surface area contributed by atoms with Gasteiger partial charge in [-0.25, -0.2) is 4.79 Å². The molecule has 0 spiro atoms. The van der Waals surface area contributed by atoms with Gasteiger partial charge in [0.1, 0.15) is 18.1 Å². The summed E-state index contributed by atoms with van der Waals surface area (Å²) in [6, 6.07) is -4.97. The van der Waals surface area contributed by atoms with Crippen LogP contribution in [0, 0.1) is 5.92 Å². The molecule has 0 rings (SSSR count). The lowest BCUT2D eigenvalue weighted by atomic mass is 10.0.